The molecule has 3 rings (SSSR count). The number of thioether (sulfide) groups is 1. The number of nitrogens with zero attached hydrogens (tertiary/aromatic N) is 3. The Kier molecular flexibility index (Phi) is 4.34. The summed E-state index contributed by atoms with van der Waals surface area (Å²) in [5, 5.41) is 3.48. The maximum atomic E-state index is 4.89. The second kappa shape index (κ2) is 6.20. The third kappa shape index (κ3) is 3.03. The van der Waals surface area contributed by atoms with Crippen molar-refractivity contribution in [3.8, 4) is 0 Å². The Morgan fingerprint density at radius 1 is 1.25 bits per heavy atom. The second-order valence-electron chi connectivity index (χ2n) is 5.68. The predicted molar refractivity (Wildman–Crippen MR) is 87.1 cm³/mol. The Hall–Kier alpha value is -0.970. The molecule has 0 bridgehead atoms. The summed E-state index contributed by atoms with van der Waals surface area (Å²) < 4.78 is 0. The number of anilines is 2. The Bertz CT molecular complexity index is 467. The molecule has 5 heteroatoms. The van der Waals surface area contributed by atoms with E-state index < -0.39 is 0 Å². The van der Waals surface area contributed by atoms with Crippen molar-refractivity contribution in [1.82, 2.24) is 9.97 Å². The van der Waals surface area contributed by atoms with Crippen molar-refractivity contribution < 1.29 is 0 Å². The summed E-state index contributed by atoms with van der Waals surface area (Å²) in [5.41, 5.74) is 1.22. The van der Waals surface area contributed by atoms with E-state index in [1.807, 2.05) is 11.8 Å². The highest BCUT2D eigenvalue weighted by Crippen LogP contribution is 2.40. The van der Waals surface area contributed by atoms with Gasteiger partial charge in [-0.15, -0.1) is 0 Å². The minimum atomic E-state index is 0.607. The zero-order valence-electron chi connectivity index (χ0n) is 12.5. The molecule has 2 heterocycles. The Morgan fingerprint density at radius 3 is 2.65 bits per heavy atom. The van der Waals surface area contributed by atoms with Crippen LogP contribution < -0.4 is 10.2 Å². The summed E-state index contributed by atoms with van der Waals surface area (Å²) in [4.78, 5) is 12.1. The second-order valence-corrected chi connectivity index (χ2v) is 6.90. The molecule has 1 aliphatic carbocycles. The van der Waals surface area contributed by atoms with Crippen molar-refractivity contribution in [2.45, 2.75) is 39.0 Å². The van der Waals surface area contributed by atoms with Gasteiger partial charge in [-0.3, -0.25) is 0 Å². The summed E-state index contributed by atoms with van der Waals surface area (Å²) in [6.07, 6.45) is 3.63. The van der Waals surface area contributed by atoms with E-state index in [4.69, 9.17) is 9.97 Å². The highest BCUT2D eigenvalue weighted by molar-refractivity contribution is 7.99. The van der Waals surface area contributed by atoms with Crippen LogP contribution in [-0.4, -0.2) is 41.1 Å². The number of rotatable bonds is 5. The molecule has 1 aromatic rings. The van der Waals surface area contributed by atoms with Crippen LogP contribution in [0.25, 0.3) is 0 Å². The van der Waals surface area contributed by atoms with Gasteiger partial charge in [-0.1, -0.05) is 6.92 Å². The van der Waals surface area contributed by atoms with Crippen LogP contribution in [0.1, 0.15) is 43.5 Å². The van der Waals surface area contributed by atoms with E-state index in [0.29, 0.717) is 5.92 Å². The van der Waals surface area contributed by atoms with Gasteiger partial charge in [-0.05, 0) is 26.2 Å². The number of nitrogens with one attached hydrogen (secondary N) is 1. The van der Waals surface area contributed by atoms with E-state index in [-0.39, 0.29) is 0 Å². The summed E-state index contributed by atoms with van der Waals surface area (Å²) in [6, 6.07) is 0. The van der Waals surface area contributed by atoms with Gasteiger partial charge in [-0.25, -0.2) is 9.97 Å². The molecule has 0 atom stereocenters. The number of hydrogen-bond donors (Lipinski definition) is 1. The van der Waals surface area contributed by atoms with E-state index in [2.05, 4.69) is 24.1 Å². The maximum absolute atomic E-state index is 4.89. The van der Waals surface area contributed by atoms with Crippen molar-refractivity contribution in [2.75, 3.05) is 41.4 Å². The van der Waals surface area contributed by atoms with E-state index in [1.165, 1.54) is 35.7 Å². The number of aromatic nitrogens is 2. The third-order valence-electron chi connectivity index (χ3n) is 3.93. The van der Waals surface area contributed by atoms with Gasteiger partial charge in [0.05, 0.1) is 0 Å². The Labute approximate surface area is 125 Å². The lowest BCUT2D eigenvalue weighted by atomic mass is 10.2. The van der Waals surface area contributed by atoms with Gasteiger partial charge < -0.3 is 10.2 Å². The molecule has 1 aliphatic heterocycles. The molecule has 1 saturated carbocycles. The van der Waals surface area contributed by atoms with Crippen LogP contribution in [0.3, 0.4) is 0 Å². The molecule has 1 saturated heterocycles. The molecule has 0 amide bonds. The normalized spacial score (nSPS) is 19.2. The molecule has 0 spiro atoms. The zero-order valence-corrected chi connectivity index (χ0v) is 13.3. The van der Waals surface area contributed by atoms with Crippen molar-refractivity contribution in [2.24, 2.45) is 0 Å². The molecule has 1 aromatic heterocycles. The lowest BCUT2D eigenvalue weighted by Crippen LogP contribution is -2.34. The van der Waals surface area contributed by atoms with E-state index in [0.717, 1.165) is 37.7 Å². The fraction of sp³-hybridized carbons (Fsp3) is 0.733. The lowest BCUT2D eigenvalue weighted by Gasteiger charge is -2.29. The van der Waals surface area contributed by atoms with E-state index in [9.17, 15) is 0 Å². The predicted octanol–water partition coefficient (Wildman–Crippen LogP) is 3.04. The monoisotopic (exact) mass is 292 g/mol. The molecule has 0 radical (unpaired) electrons. The maximum Gasteiger partial charge on any atom is 0.137 e. The van der Waals surface area contributed by atoms with Gasteiger partial charge in [0.2, 0.25) is 0 Å². The largest absolute Gasteiger partial charge is 0.370 e. The summed E-state index contributed by atoms with van der Waals surface area (Å²) in [5.74, 6) is 6.30. The van der Waals surface area contributed by atoms with Crippen LogP contribution in [0, 0.1) is 6.92 Å². The lowest BCUT2D eigenvalue weighted by molar-refractivity contribution is 0.806. The summed E-state index contributed by atoms with van der Waals surface area (Å²) in [7, 11) is 0. The van der Waals surface area contributed by atoms with Crippen LogP contribution in [0.4, 0.5) is 11.6 Å². The highest BCUT2D eigenvalue weighted by atomic mass is 32.2. The minimum absolute atomic E-state index is 0.607. The molecule has 2 fully saturated rings. The highest BCUT2D eigenvalue weighted by Gasteiger charge is 2.29. The number of hydrogen-bond acceptors (Lipinski definition) is 5. The molecular weight excluding hydrogens is 268 g/mol. The fourth-order valence-corrected chi connectivity index (χ4v) is 3.45. The van der Waals surface area contributed by atoms with Crippen molar-refractivity contribution in [3.05, 3.63) is 11.4 Å². The van der Waals surface area contributed by atoms with E-state index in [1.54, 1.807) is 0 Å². The van der Waals surface area contributed by atoms with Crippen LogP contribution in [0.15, 0.2) is 0 Å². The van der Waals surface area contributed by atoms with Crippen molar-refractivity contribution in [1.29, 1.82) is 0 Å². The molecular formula is C15H24N4S. The van der Waals surface area contributed by atoms with Gasteiger partial charge >= 0.3 is 0 Å². The Balaban J connectivity index is 1.91. The van der Waals surface area contributed by atoms with Gasteiger partial charge in [0, 0.05) is 42.6 Å². The molecule has 1 N–H and O–H groups in total. The first-order chi connectivity index (χ1) is 9.79. The van der Waals surface area contributed by atoms with Crippen LogP contribution in [0.5, 0.6) is 0 Å². The molecule has 4 nitrogen and oxygen atoms in total. The van der Waals surface area contributed by atoms with Crippen LogP contribution >= 0.6 is 11.8 Å². The summed E-state index contributed by atoms with van der Waals surface area (Å²) >= 11 is 2.04. The quantitative estimate of drug-likeness (QED) is 0.903. The first-order valence-corrected chi connectivity index (χ1v) is 8.90. The molecule has 20 heavy (non-hydrogen) atoms. The zero-order chi connectivity index (χ0) is 13.9. The standard InChI is InChI=1S/C15H24N4S/c1-3-6-16-13-11(2)15(19-7-9-20-10-8-19)18-14(17-13)12-4-5-12/h12H,3-10H2,1-2H3,(H,16,17,18). The fourth-order valence-electron chi connectivity index (χ4n) is 2.54. The molecule has 0 aromatic carbocycles. The van der Waals surface area contributed by atoms with Crippen LogP contribution in [-0.2, 0) is 0 Å². The van der Waals surface area contributed by atoms with Gasteiger partial charge in [0.15, 0.2) is 0 Å². The smallest absolute Gasteiger partial charge is 0.137 e. The van der Waals surface area contributed by atoms with Crippen molar-refractivity contribution >= 4 is 23.4 Å². The van der Waals surface area contributed by atoms with Crippen molar-refractivity contribution in [3.63, 3.8) is 0 Å². The minimum Gasteiger partial charge on any atom is -0.370 e. The average Bonchev–Trinajstić information content (AvgIpc) is 3.32. The van der Waals surface area contributed by atoms with Gasteiger partial charge in [0.25, 0.3) is 0 Å². The Morgan fingerprint density at radius 2 is 2.00 bits per heavy atom. The topological polar surface area (TPSA) is 41.1 Å². The van der Waals surface area contributed by atoms with Crippen LogP contribution in [0.2, 0.25) is 0 Å². The summed E-state index contributed by atoms with van der Waals surface area (Å²) in [6.45, 7) is 7.55. The first kappa shape index (κ1) is 14.0. The van der Waals surface area contributed by atoms with E-state index >= 15 is 0 Å². The SMILES string of the molecule is CCCNc1nc(C2CC2)nc(N2CCSCC2)c1C. The molecule has 0 unspecified atom stereocenters. The average molecular weight is 292 g/mol. The van der Waals surface area contributed by atoms with Gasteiger partial charge in [0.1, 0.15) is 17.5 Å². The third-order valence-corrected chi connectivity index (χ3v) is 4.88. The molecule has 2 aliphatic rings. The first-order valence-electron chi connectivity index (χ1n) is 7.74. The van der Waals surface area contributed by atoms with Gasteiger partial charge in [-0.2, -0.15) is 11.8 Å². The molecule has 110 valence electrons.